The summed E-state index contributed by atoms with van der Waals surface area (Å²) in [5.41, 5.74) is -5.19. The minimum Gasteiger partial charge on any atom is -0.456 e. The molecule has 9 N–H and O–H groups in total. The number of ether oxygens (including phenoxy) is 3. The Bertz CT molecular complexity index is 1900. The van der Waals surface area contributed by atoms with Crippen molar-refractivity contribution in [2.24, 2.45) is 22.7 Å². The maximum absolute atomic E-state index is 15.0. The summed E-state index contributed by atoms with van der Waals surface area (Å²) in [5.74, 6) is -2.49. The average molecular weight is 1130 g/mol. The Balaban J connectivity index is 0.00000680. The maximum atomic E-state index is 15.0. The summed E-state index contributed by atoms with van der Waals surface area (Å²) in [6.07, 6.45) is -2.94. The van der Waals surface area contributed by atoms with Crippen LogP contribution in [0.3, 0.4) is 0 Å². The van der Waals surface area contributed by atoms with Gasteiger partial charge in [-0.05, 0) is 69.2 Å². The SMILES string of the molecule is CNC(c1ccccc1)C(O)C(=O)OC1CC2(O)C(C)C3C4(O)COC4CC(OC(=O)NCCCCNC(=O)CCCC[C@@H]4SCC5NCNC54)[C@@]3(C)C(=O)C(O)C(=C1C)C2(C)C.[Ac]. The summed E-state index contributed by atoms with van der Waals surface area (Å²) >= 11 is 2.01. The summed E-state index contributed by atoms with van der Waals surface area (Å²) in [6.45, 7) is 9.87. The molecule has 64 heavy (non-hydrogen) atoms. The second-order valence-electron chi connectivity index (χ2n) is 19.5. The zero-order valence-electron chi connectivity index (χ0n) is 38.1. The van der Waals surface area contributed by atoms with Crippen molar-refractivity contribution in [2.45, 2.75) is 151 Å². The molecule has 3 aliphatic carbocycles. The molecule has 1 radical (unpaired) electrons. The van der Waals surface area contributed by atoms with Crippen molar-refractivity contribution in [2.75, 3.05) is 39.2 Å². The zero-order chi connectivity index (χ0) is 45.5. The fraction of sp³-hybridized carbons (Fsp3) is 0.739. The van der Waals surface area contributed by atoms with E-state index in [0.717, 1.165) is 31.7 Å². The second kappa shape index (κ2) is 20.9. The number of benzene rings is 1. The smallest absolute Gasteiger partial charge is 0.407 e. The van der Waals surface area contributed by atoms with Crippen LogP contribution >= 0.6 is 11.8 Å². The number of aliphatic hydroxyl groups is 4. The van der Waals surface area contributed by atoms with Crippen molar-refractivity contribution in [1.82, 2.24) is 26.6 Å². The summed E-state index contributed by atoms with van der Waals surface area (Å²) < 4.78 is 17.9. The van der Waals surface area contributed by atoms with E-state index in [1.165, 1.54) is 0 Å². The summed E-state index contributed by atoms with van der Waals surface area (Å²) in [5, 5.41) is 65.2. The monoisotopic (exact) mass is 1130 g/mol. The Morgan fingerprint density at radius 2 is 1.72 bits per heavy atom. The van der Waals surface area contributed by atoms with Crippen LogP contribution in [-0.2, 0) is 28.6 Å². The van der Waals surface area contributed by atoms with Gasteiger partial charge in [0.1, 0.15) is 23.9 Å². The molecule has 1 aromatic carbocycles. The zero-order valence-corrected chi connectivity index (χ0v) is 43.6. The van der Waals surface area contributed by atoms with Gasteiger partial charge in [0.05, 0.1) is 29.8 Å². The number of unbranched alkanes of at least 4 members (excludes halogenated alkanes) is 2. The van der Waals surface area contributed by atoms with Crippen LogP contribution in [0.25, 0.3) is 0 Å². The molecule has 2 bridgehead atoms. The van der Waals surface area contributed by atoms with Crippen LogP contribution in [-0.4, -0.2) is 142 Å². The molecule has 2 saturated carbocycles. The van der Waals surface area contributed by atoms with E-state index in [0.29, 0.717) is 54.3 Å². The molecule has 1 aromatic rings. The molecule has 12 unspecified atom stereocenters. The van der Waals surface area contributed by atoms with Crippen molar-refractivity contribution in [1.29, 1.82) is 0 Å². The first-order chi connectivity index (χ1) is 29.9. The number of fused-ring (bicyclic) bond motifs is 6. The molecule has 3 saturated heterocycles. The van der Waals surface area contributed by atoms with Crippen LogP contribution in [0, 0.1) is 66.7 Å². The van der Waals surface area contributed by atoms with Gasteiger partial charge in [-0.1, -0.05) is 57.5 Å². The standard InChI is InChI=1S/C46H69N5O11S.Ac/c1-25-29(61-41(56)38(54)35(47-6)27-14-8-7-9-15-27)21-46(59)26(2)39-44(5,40(55)37(53)34(25)43(46,3)4)31(20-32-45(39,58)23-60-32)62-42(57)49-19-13-12-18-48-33(52)17-11-10-16-30-36-28(22-63-30)50-24-51-36;/h7-9,14-15,26,28-32,35-39,47,50-51,53-54,58-59H,10-13,16-24H2,1-6H3,(H,48,52)(H,49,57);/t26?,28?,29?,30-,31?,32?,35?,36?,37?,38?,39?,44+,45?,46?;/m0./s1. The van der Waals surface area contributed by atoms with Crippen LogP contribution in [0.5, 0.6) is 0 Å². The number of carbonyl (C=O) groups is 4. The number of carbonyl (C=O) groups excluding carboxylic acids is 4. The van der Waals surface area contributed by atoms with E-state index < -0.39 is 88.3 Å². The van der Waals surface area contributed by atoms with E-state index >= 15 is 4.79 Å². The van der Waals surface area contributed by atoms with Gasteiger partial charge in [-0.25, -0.2) is 9.59 Å². The number of hydrogen-bond acceptors (Lipinski definition) is 15. The van der Waals surface area contributed by atoms with Crippen LogP contribution < -0.4 is 26.6 Å². The number of amides is 2. The number of aliphatic hydroxyl groups excluding tert-OH is 2. The van der Waals surface area contributed by atoms with Crippen LogP contribution in [0.15, 0.2) is 41.5 Å². The van der Waals surface area contributed by atoms with Gasteiger partial charge < -0.3 is 50.6 Å². The predicted octanol–water partition coefficient (Wildman–Crippen LogP) is 1.99. The van der Waals surface area contributed by atoms with Crippen molar-refractivity contribution in [3.8, 4) is 0 Å². The fourth-order valence-corrected chi connectivity index (χ4v) is 13.7. The number of esters is 1. The van der Waals surface area contributed by atoms with Crippen molar-refractivity contribution in [3.05, 3.63) is 47.0 Å². The van der Waals surface area contributed by atoms with Gasteiger partial charge in [0.25, 0.3) is 0 Å². The van der Waals surface area contributed by atoms with Gasteiger partial charge in [-0.3, -0.25) is 20.2 Å². The minimum atomic E-state index is -1.83. The molecule has 0 aromatic heterocycles. The van der Waals surface area contributed by atoms with Crippen LogP contribution in [0.4, 0.5) is 4.79 Å². The van der Waals surface area contributed by atoms with Crippen LogP contribution in [0.1, 0.15) is 97.6 Å². The molecule has 16 nitrogen and oxygen atoms in total. The van der Waals surface area contributed by atoms with E-state index in [9.17, 15) is 34.8 Å². The van der Waals surface area contributed by atoms with Crippen molar-refractivity contribution < 1.29 is 97.9 Å². The molecule has 18 heteroatoms. The maximum Gasteiger partial charge on any atom is 0.407 e. The van der Waals surface area contributed by atoms with Crippen molar-refractivity contribution in [3.63, 3.8) is 0 Å². The Hall–Kier alpha value is -1.69. The number of alkyl carbamates (subject to hydrolysis) is 1. The van der Waals surface area contributed by atoms with Gasteiger partial charge in [0.15, 0.2) is 11.9 Å². The first kappa shape index (κ1) is 51.7. The molecule has 6 aliphatic rings. The molecular formula is C46H69AcN5O11S. The third-order valence-electron chi connectivity index (χ3n) is 15.7. The molecule has 0 spiro atoms. The second-order valence-corrected chi connectivity index (χ2v) is 20.7. The average Bonchev–Trinajstić information content (AvgIpc) is 3.88. The normalized spacial score (nSPS) is 37.0. The Morgan fingerprint density at radius 1 is 1.02 bits per heavy atom. The number of Topliss-reactive ketones (excluding diaryl/α,β-unsaturated/α-hetero) is 1. The number of nitrogens with one attached hydrogen (secondary N) is 5. The third kappa shape index (κ3) is 9.52. The van der Waals surface area contributed by atoms with E-state index in [-0.39, 0.29) is 81.5 Å². The molecule has 2 amide bonds. The van der Waals surface area contributed by atoms with Crippen LogP contribution in [0.2, 0.25) is 0 Å². The summed E-state index contributed by atoms with van der Waals surface area (Å²) in [6, 6.07) is 9.20. The first-order valence-corrected chi connectivity index (χ1v) is 23.8. The number of rotatable bonds is 16. The topological polar surface area (TPSA) is 237 Å². The van der Waals surface area contributed by atoms with Gasteiger partial charge in [-0.2, -0.15) is 11.8 Å². The van der Waals surface area contributed by atoms with Gasteiger partial charge >= 0.3 is 12.1 Å². The Labute approximate surface area is 416 Å². The predicted molar refractivity (Wildman–Crippen MR) is 235 cm³/mol. The number of hydrogen-bond donors (Lipinski definition) is 9. The minimum absolute atomic E-state index is 0. The molecule has 7 rings (SSSR count). The number of ketones is 1. The third-order valence-corrected chi connectivity index (χ3v) is 17.2. The van der Waals surface area contributed by atoms with Gasteiger partial charge in [0.2, 0.25) is 5.91 Å². The Morgan fingerprint density at radius 3 is 2.39 bits per heavy atom. The molecule has 3 aliphatic heterocycles. The summed E-state index contributed by atoms with van der Waals surface area (Å²) in [7, 11) is 1.61. The first-order valence-electron chi connectivity index (χ1n) is 22.8. The molecule has 5 fully saturated rings. The largest absolute Gasteiger partial charge is 0.456 e. The van der Waals surface area contributed by atoms with Crippen molar-refractivity contribution >= 4 is 35.5 Å². The number of likely N-dealkylation sites (N-methyl/N-ethyl adjacent to an activating group) is 1. The summed E-state index contributed by atoms with van der Waals surface area (Å²) in [4.78, 5) is 54.6. The van der Waals surface area contributed by atoms with E-state index in [1.807, 2.05) is 17.8 Å². The molecular weight excluding hydrogens is 1060 g/mol. The molecule has 14 atom stereocenters. The fourth-order valence-electron chi connectivity index (χ4n) is 12.1. The van der Waals surface area contributed by atoms with E-state index in [4.69, 9.17) is 14.2 Å². The quantitative estimate of drug-likeness (QED) is 0.0655. The van der Waals surface area contributed by atoms with E-state index in [1.54, 1.807) is 65.9 Å². The molecule has 3 heterocycles. The number of thioether (sulfide) groups is 1. The Kier molecular flexibility index (Phi) is 16.9. The van der Waals surface area contributed by atoms with E-state index in [2.05, 4.69) is 26.6 Å². The molecule has 353 valence electrons. The van der Waals surface area contributed by atoms with Gasteiger partial charge in [0, 0.05) is 118 Å². The van der Waals surface area contributed by atoms with Gasteiger partial charge in [-0.15, -0.1) is 0 Å².